The molecule has 0 aromatic heterocycles. The van der Waals surface area contributed by atoms with Crippen molar-refractivity contribution in [2.75, 3.05) is 5.06 Å². The molecule has 0 unspecified atom stereocenters. The van der Waals surface area contributed by atoms with Gasteiger partial charge in [0.15, 0.2) is 5.82 Å². The summed E-state index contributed by atoms with van der Waals surface area (Å²) in [6.45, 7) is 0. The number of benzene rings is 1. The van der Waals surface area contributed by atoms with Gasteiger partial charge >= 0.3 is 11.5 Å². The van der Waals surface area contributed by atoms with Crippen molar-refractivity contribution in [3.05, 3.63) is 81.5 Å². The standard InChI is InChI=1S/C17H10N4O6/c22-14-8-9(7-13(15(14)23)21(25)26)17-18-16(19-27-17)11-5-6-20(24)12-4-2-1-3-10(11)12/h1-8,19,24H. The molecule has 0 saturated heterocycles. The highest BCUT2D eigenvalue weighted by Gasteiger charge is 2.34. The highest BCUT2D eigenvalue weighted by atomic mass is 16.7. The summed E-state index contributed by atoms with van der Waals surface area (Å²) < 4.78 is 0. The van der Waals surface area contributed by atoms with Crippen LogP contribution in [0.1, 0.15) is 5.56 Å². The summed E-state index contributed by atoms with van der Waals surface area (Å²) in [4.78, 5) is 42.7. The zero-order valence-electron chi connectivity index (χ0n) is 13.4. The van der Waals surface area contributed by atoms with Gasteiger partial charge in [-0.1, -0.05) is 18.2 Å². The molecule has 0 spiro atoms. The number of rotatable bonds is 2. The molecule has 0 fully saturated rings. The first-order valence-corrected chi connectivity index (χ1v) is 7.64. The smallest absolute Gasteiger partial charge is 0.321 e. The average molecular weight is 366 g/mol. The molecule has 1 aliphatic carbocycles. The van der Waals surface area contributed by atoms with Gasteiger partial charge in [0.1, 0.15) is 0 Å². The molecule has 0 atom stereocenters. The topological polar surface area (TPSA) is 134 Å². The van der Waals surface area contributed by atoms with Crippen LogP contribution in [0.5, 0.6) is 0 Å². The van der Waals surface area contributed by atoms with Crippen LogP contribution in [0.3, 0.4) is 0 Å². The fraction of sp³-hybridized carbons (Fsp3) is 0. The van der Waals surface area contributed by atoms with E-state index in [1.165, 1.54) is 6.20 Å². The number of allylic oxidation sites excluding steroid dienone is 4. The second-order valence-corrected chi connectivity index (χ2v) is 5.64. The minimum atomic E-state index is -1.19. The minimum Gasteiger partial charge on any atom is -0.359 e. The third kappa shape index (κ3) is 2.69. The number of nitrogens with one attached hydrogen (secondary N) is 1. The second-order valence-electron chi connectivity index (χ2n) is 5.64. The Labute approximate surface area is 151 Å². The molecular weight excluding hydrogens is 356 g/mol. The number of hydrogen-bond acceptors (Lipinski definition) is 9. The van der Waals surface area contributed by atoms with E-state index in [0.29, 0.717) is 16.8 Å². The second kappa shape index (κ2) is 6.04. The number of nitrogens with zero attached hydrogens (tertiary/aromatic N) is 3. The SMILES string of the molecule is O=C1C=C(C2=NC(=C3C=CN(O)c4ccccc43)NO2)C=C([N+](=O)[O-])C1=O. The van der Waals surface area contributed by atoms with Gasteiger partial charge in [0.05, 0.1) is 16.2 Å². The maximum Gasteiger partial charge on any atom is 0.321 e. The summed E-state index contributed by atoms with van der Waals surface area (Å²) in [5.41, 5.74) is 3.55. The fourth-order valence-corrected chi connectivity index (χ4v) is 2.75. The lowest BCUT2D eigenvalue weighted by atomic mass is 10.0. The van der Waals surface area contributed by atoms with Crippen molar-refractivity contribution in [1.82, 2.24) is 5.48 Å². The van der Waals surface area contributed by atoms with E-state index in [2.05, 4.69) is 10.5 Å². The van der Waals surface area contributed by atoms with Gasteiger partial charge in [-0.25, -0.2) is 10.5 Å². The molecule has 0 radical (unpaired) electrons. The van der Waals surface area contributed by atoms with Crippen LogP contribution in [-0.4, -0.2) is 27.6 Å². The number of anilines is 1. The van der Waals surface area contributed by atoms with Crippen LogP contribution in [0.2, 0.25) is 0 Å². The molecule has 0 saturated carbocycles. The number of carbonyl (C=O) groups is 2. The van der Waals surface area contributed by atoms with Gasteiger partial charge < -0.3 is 4.84 Å². The van der Waals surface area contributed by atoms with Gasteiger partial charge in [-0.2, -0.15) is 4.99 Å². The van der Waals surface area contributed by atoms with Crippen molar-refractivity contribution in [3.63, 3.8) is 0 Å². The van der Waals surface area contributed by atoms with Crippen molar-refractivity contribution in [3.8, 4) is 0 Å². The number of aliphatic imine (C=N–C) groups is 1. The summed E-state index contributed by atoms with van der Waals surface area (Å²) in [6.07, 6.45) is 4.90. The van der Waals surface area contributed by atoms with Crippen molar-refractivity contribution in [2.45, 2.75) is 0 Å². The van der Waals surface area contributed by atoms with Crippen LogP contribution in [0.4, 0.5) is 5.69 Å². The Morgan fingerprint density at radius 1 is 1.22 bits per heavy atom. The summed E-state index contributed by atoms with van der Waals surface area (Å²) in [5.74, 6) is -2.02. The summed E-state index contributed by atoms with van der Waals surface area (Å²) in [7, 11) is 0. The van der Waals surface area contributed by atoms with Gasteiger partial charge in [0.25, 0.3) is 5.90 Å². The van der Waals surface area contributed by atoms with Crippen molar-refractivity contribution in [1.29, 1.82) is 0 Å². The Hall–Kier alpha value is -4.05. The third-order valence-electron chi connectivity index (χ3n) is 4.02. The van der Waals surface area contributed by atoms with Gasteiger partial charge in [-0.05, 0) is 12.1 Å². The Bertz CT molecular complexity index is 1060. The molecule has 10 nitrogen and oxygen atoms in total. The molecule has 0 bridgehead atoms. The zero-order chi connectivity index (χ0) is 19.1. The molecule has 1 aromatic rings. The first-order chi connectivity index (χ1) is 13.0. The Morgan fingerprint density at radius 3 is 2.78 bits per heavy atom. The maximum absolute atomic E-state index is 11.7. The normalized spacial score (nSPS) is 21.1. The first-order valence-electron chi connectivity index (χ1n) is 7.64. The number of nitro groups is 1. The first kappa shape index (κ1) is 16.4. The van der Waals surface area contributed by atoms with E-state index < -0.39 is 22.2 Å². The lowest BCUT2D eigenvalue weighted by Gasteiger charge is -2.21. The van der Waals surface area contributed by atoms with Crippen molar-refractivity contribution < 1.29 is 24.6 Å². The van der Waals surface area contributed by atoms with Crippen LogP contribution in [0.15, 0.2) is 70.8 Å². The number of ketones is 2. The lowest BCUT2D eigenvalue weighted by Crippen LogP contribution is -2.25. The number of Topliss-reactive ketones (excluding diaryl/α,β-unsaturated/α-hetero) is 1. The molecule has 2 aliphatic heterocycles. The average Bonchev–Trinajstić information content (AvgIpc) is 3.14. The largest absolute Gasteiger partial charge is 0.359 e. The molecule has 4 rings (SSSR count). The Kier molecular flexibility index (Phi) is 3.67. The van der Waals surface area contributed by atoms with Gasteiger partial charge in [0, 0.05) is 29.5 Å². The number of para-hydroxylation sites is 1. The highest BCUT2D eigenvalue weighted by molar-refractivity contribution is 6.48. The maximum atomic E-state index is 11.7. The molecule has 2 heterocycles. The predicted molar refractivity (Wildman–Crippen MR) is 91.6 cm³/mol. The van der Waals surface area contributed by atoms with Crippen LogP contribution < -0.4 is 10.5 Å². The number of hydroxylamine groups is 2. The Balaban J connectivity index is 1.76. The van der Waals surface area contributed by atoms with E-state index in [0.717, 1.165) is 17.2 Å². The molecule has 10 heteroatoms. The lowest BCUT2D eigenvalue weighted by molar-refractivity contribution is -0.418. The number of fused-ring (bicyclic) bond motifs is 1. The highest BCUT2D eigenvalue weighted by Crippen LogP contribution is 2.34. The molecule has 134 valence electrons. The number of hydrogen-bond donors (Lipinski definition) is 2. The van der Waals surface area contributed by atoms with Gasteiger partial charge in [-0.15, -0.1) is 0 Å². The number of carbonyl (C=O) groups excluding carboxylic acids is 2. The quantitative estimate of drug-likeness (QED) is 0.346. The molecular formula is C17H10N4O6. The van der Waals surface area contributed by atoms with Crippen LogP contribution >= 0.6 is 0 Å². The van der Waals surface area contributed by atoms with E-state index in [4.69, 9.17) is 4.84 Å². The molecule has 1 aromatic carbocycles. The van der Waals surface area contributed by atoms with Crippen LogP contribution in [0.25, 0.3) is 5.57 Å². The van der Waals surface area contributed by atoms with E-state index in [1.807, 2.05) is 0 Å². The van der Waals surface area contributed by atoms with E-state index in [1.54, 1.807) is 30.3 Å². The van der Waals surface area contributed by atoms with Gasteiger partial charge in [-0.3, -0.25) is 24.9 Å². The molecule has 0 amide bonds. The minimum absolute atomic E-state index is 0.00580. The van der Waals surface area contributed by atoms with Gasteiger partial charge in [0.2, 0.25) is 5.78 Å². The van der Waals surface area contributed by atoms with Crippen LogP contribution in [-0.2, 0) is 14.4 Å². The van der Waals surface area contributed by atoms with E-state index >= 15 is 0 Å². The molecule has 2 N–H and O–H groups in total. The molecule has 3 aliphatic rings. The van der Waals surface area contributed by atoms with Crippen molar-refractivity contribution in [2.24, 2.45) is 4.99 Å². The summed E-state index contributed by atoms with van der Waals surface area (Å²) in [5, 5.41) is 21.8. The van der Waals surface area contributed by atoms with E-state index in [9.17, 15) is 24.9 Å². The third-order valence-corrected chi connectivity index (χ3v) is 4.02. The molecule has 27 heavy (non-hydrogen) atoms. The summed E-state index contributed by atoms with van der Waals surface area (Å²) in [6, 6.07) is 7.02. The fourth-order valence-electron chi connectivity index (χ4n) is 2.75. The van der Waals surface area contributed by atoms with Crippen molar-refractivity contribution >= 4 is 28.7 Å². The predicted octanol–water partition coefficient (Wildman–Crippen LogP) is 1.25. The summed E-state index contributed by atoms with van der Waals surface area (Å²) >= 11 is 0. The van der Waals surface area contributed by atoms with E-state index in [-0.39, 0.29) is 17.3 Å². The monoisotopic (exact) mass is 366 g/mol. The van der Waals surface area contributed by atoms with Crippen LogP contribution in [0, 0.1) is 10.1 Å². The Morgan fingerprint density at radius 2 is 2.00 bits per heavy atom. The zero-order valence-corrected chi connectivity index (χ0v) is 13.4.